The summed E-state index contributed by atoms with van der Waals surface area (Å²) in [4.78, 5) is 15.5. The molecule has 1 fully saturated rings. The van der Waals surface area contributed by atoms with E-state index in [2.05, 4.69) is 39.9 Å². The molecule has 0 saturated heterocycles. The van der Waals surface area contributed by atoms with Gasteiger partial charge in [-0.25, -0.2) is 0 Å². The highest BCUT2D eigenvalue weighted by molar-refractivity contribution is 5.94. The number of amides is 1. The van der Waals surface area contributed by atoms with Crippen molar-refractivity contribution in [2.24, 2.45) is 0 Å². The molecule has 3 aromatic rings. The van der Waals surface area contributed by atoms with Crippen LogP contribution >= 0.6 is 0 Å². The minimum absolute atomic E-state index is 0.136. The van der Waals surface area contributed by atoms with Gasteiger partial charge in [0.15, 0.2) is 0 Å². The summed E-state index contributed by atoms with van der Waals surface area (Å²) in [5.41, 5.74) is 3.12. The second kappa shape index (κ2) is 9.66. The lowest BCUT2D eigenvalue weighted by molar-refractivity contribution is 0.0608. The van der Waals surface area contributed by atoms with Crippen molar-refractivity contribution in [3.05, 3.63) is 89.7 Å². The average molecular weight is 403 g/mol. The van der Waals surface area contributed by atoms with Gasteiger partial charge in [-0.2, -0.15) is 0 Å². The Morgan fingerprint density at radius 3 is 2.57 bits per heavy atom. The minimum atomic E-state index is 0.136. The standard InChI is InChI=1S/C26H30N2O2/c1-30-25-16-8-10-21(18-25)19-27-17-9-15-24(27)20-28(23-13-6-3-7-14-23)26(29)22-11-4-2-5-12-22/h2,4-5,8-12,15-18,23H,3,6-7,13-14,19-20H2,1H3. The maximum absolute atomic E-state index is 13.4. The van der Waals surface area contributed by atoms with Gasteiger partial charge in [-0.15, -0.1) is 0 Å². The van der Waals surface area contributed by atoms with E-state index in [9.17, 15) is 4.79 Å². The molecule has 30 heavy (non-hydrogen) atoms. The molecule has 0 spiro atoms. The van der Waals surface area contributed by atoms with Gasteiger partial charge in [0.05, 0.1) is 13.7 Å². The molecule has 1 aliphatic rings. The molecule has 4 nitrogen and oxygen atoms in total. The van der Waals surface area contributed by atoms with Gasteiger partial charge in [0, 0.05) is 30.0 Å². The van der Waals surface area contributed by atoms with Crippen molar-refractivity contribution in [1.82, 2.24) is 9.47 Å². The highest BCUT2D eigenvalue weighted by Crippen LogP contribution is 2.26. The van der Waals surface area contributed by atoms with Crippen molar-refractivity contribution < 1.29 is 9.53 Å². The van der Waals surface area contributed by atoms with Crippen molar-refractivity contribution in [1.29, 1.82) is 0 Å². The Balaban J connectivity index is 1.57. The van der Waals surface area contributed by atoms with Gasteiger partial charge in [-0.1, -0.05) is 49.6 Å². The fourth-order valence-corrected chi connectivity index (χ4v) is 4.40. The van der Waals surface area contributed by atoms with E-state index in [0.717, 1.165) is 36.4 Å². The first-order chi connectivity index (χ1) is 14.7. The van der Waals surface area contributed by atoms with E-state index in [1.807, 2.05) is 42.5 Å². The Morgan fingerprint density at radius 1 is 1.00 bits per heavy atom. The summed E-state index contributed by atoms with van der Waals surface area (Å²) >= 11 is 0. The number of hydrogen-bond donors (Lipinski definition) is 0. The zero-order chi connectivity index (χ0) is 20.8. The van der Waals surface area contributed by atoms with E-state index in [1.165, 1.54) is 24.8 Å². The van der Waals surface area contributed by atoms with Crippen LogP contribution < -0.4 is 4.74 Å². The number of benzene rings is 2. The summed E-state index contributed by atoms with van der Waals surface area (Å²) in [6.07, 6.45) is 7.96. The Labute approximate surface area is 179 Å². The van der Waals surface area contributed by atoms with Crippen LogP contribution in [-0.4, -0.2) is 28.5 Å². The Hall–Kier alpha value is -3.01. The highest BCUT2D eigenvalue weighted by atomic mass is 16.5. The van der Waals surface area contributed by atoms with Crippen LogP contribution in [0.5, 0.6) is 5.75 Å². The molecule has 0 aliphatic heterocycles. The van der Waals surface area contributed by atoms with E-state index in [1.54, 1.807) is 7.11 Å². The van der Waals surface area contributed by atoms with Crippen molar-refractivity contribution in [2.45, 2.75) is 51.2 Å². The maximum Gasteiger partial charge on any atom is 0.254 e. The fourth-order valence-electron chi connectivity index (χ4n) is 4.40. The van der Waals surface area contributed by atoms with Crippen LogP contribution in [0.25, 0.3) is 0 Å². The number of carbonyl (C=O) groups excluding carboxylic acids is 1. The molecular weight excluding hydrogens is 372 g/mol. The van der Waals surface area contributed by atoms with E-state index < -0.39 is 0 Å². The largest absolute Gasteiger partial charge is 0.497 e. The zero-order valence-corrected chi connectivity index (χ0v) is 17.7. The van der Waals surface area contributed by atoms with Crippen LogP contribution in [0.2, 0.25) is 0 Å². The first-order valence-electron chi connectivity index (χ1n) is 10.9. The Kier molecular flexibility index (Phi) is 6.53. The molecule has 1 heterocycles. The molecule has 0 unspecified atom stereocenters. The van der Waals surface area contributed by atoms with E-state index in [-0.39, 0.29) is 5.91 Å². The van der Waals surface area contributed by atoms with Gasteiger partial charge >= 0.3 is 0 Å². The summed E-state index contributed by atoms with van der Waals surface area (Å²) in [7, 11) is 1.69. The van der Waals surface area contributed by atoms with Crippen LogP contribution in [0, 0.1) is 0 Å². The lowest BCUT2D eigenvalue weighted by atomic mass is 9.93. The van der Waals surface area contributed by atoms with Crippen LogP contribution in [0.15, 0.2) is 72.9 Å². The van der Waals surface area contributed by atoms with Crippen LogP contribution in [0.1, 0.15) is 53.7 Å². The van der Waals surface area contributed by atoms with Crippen LogP contribution in [-0.2, 0) is 13.1 Å². The molecule has 0 atom stereocenters. The summed E-state index contributed by atoms with van der Waals surface area (Å²) in [5.74, 6) is 1.00. The van der Waals surface area contributed by atoms with Crippen LogP contribution in [0.3, 0.4) is 0 Å². The summed E-state index contributed by atoms with van der Waals surface area (Å²) < 4.78 is 7.61. The molecule has 4 rings (SSSR count). The molecule has 4 heteroatoms. The molecule has 1 amide bonds. The topological polar surface area (TPSA) is 34.5 Å². The average Bonchev–Trinajstić information content (AvgIpc) is 3.24. The highest BCUT2D eigenvalue weighted by Gasteiger charge is 2.27. The van der Waals surface area contributed by atoms with Gasteiger partial charge in [0.25, 0.3) is 5.91 Å². The third-order valence-corrected chi connectivity index (χ3v) is 6.04. The lowest BCUT2D eigenvalue weighted by Gasteiger charge is -2.35. The predicted octanol–water partition coefficient (Wildman–Crippen LogP) is 5.52. The molecule has 0 bridgehead atoms. The lowest BCUT2D eigenvalue weighted by Crippen LogP contribution is -2.41. The first kappa shape index (κ1) is 20.3. The van der Waals surface area contributed by atoms with Gasteiger partial charge < -0.3 is 14.2 Å². The normalized spacial score (nSPS) is 14.4. The van der Waals surface area contributed by atoms with Crippen molar-refractivity contribution in [3.63, 3.8) is 0 Å². The van der Waals surface area contributed by atoms with Gasteiger partial charge in [-0.3, -0.25) is 4.79 Å². The first-order valence-corrected chi connectivity index (χ1v) is 10.9. The molecule has 1 aromatic heterocycles. The molecule has 156 valence electrons. The minimum Gasteiger partial charge on any atom is -0.497 e. The monoisotopic (exact) mass is 402 g/mol. The second-order valence-electron chi connectivity index (χ2n) is 8.07. The van der Waals surface area contributed by atoms with E-state index >= 15 is 0 Å². The van der Waals surface area contributed by atoms with E-state index in [4.69, 9.17) is 4.74 Å². The molecule has 1 aliphatic carbocycles. The molecule has 1 saturated carbocycles. The summed E-state index contributed by atoms with van der Waals surface area (Å²) in [6, 6.07) is 22.4. The maximum atomic E-state index is 13.4. The summed E-state index contributed by atoms with van der Waals surface area (Å²) in [6.45, 7) is 1.40. The quantitative estimate of drug-likeness (QED) is 0.521. The van der Waals surface area contributed by atoms with Crippen molar-refractivity contribution in [3.8, 4) is 5.75 Å². The molecule has 0 radical (unpaired) electrons. The van der Waals surface area contributed by atoms with Gasteiger partial charge in [0.1, 0.15) is 5.75 Å². The fraction of sp³-hybridized carbons (Fsp3) is 0.346. The number of methoxy groups -OCH3 is 1. The number of ether oxygens (including phenoxy) is 1. The molecular formula is C26H30N2O2. The number of hydrogen-bond acceptors (Lipinski definition) is 2. The smallest absolute Gasteiger partial charge is 0.254 e. The van der Waals surface area contributed by atoms with Crippen LogP contribution in [0.4, 0.5) is 0 Å². The Morgan fingerprint density at radius 2 is 1.80 bits per heavy atom. The number of carbonyl (C=O) groups is 1. The van der Waals surface area contributed by atoms with E-state index in [0.29, 0.717) is 12.6 Å². The zero-order valence-electron chi connectivity index (χ0n) is 17.7. The molecule has 2 aromatic carbocycles. The number of rotatable bonds is 7. The predicted molar refractivity (Wildman–Crippen MR) is 120 cm³/mol. The van der Waals surface area contributed by atoms with Crippen molar-refractivity contribution in [2.75, 3.05) is 7.11 Å². The van der Waals surface area contributed by atoms with Gasteiger partial charge in [-0.05, 0) is 54.8 Å². The SMILES string of the molecule is COc1cccc(Cn2cccc2CN(C(=O)c2ccccc2)C2CCCCC2)c1. The number of nitrogens with zero attached hydrogens (tertiary/aromatic N) is 2. The number of aromatic nitrogens is 1. The second-order valence-corrected chi connectivity index (χ2v) is 8.07. The van der Waals surface area contributed by atoms with Crippen molar-refractivity contribution >= 4 is 5.91 Å². The third kappa shape index (κ3) is 4.76. The van der Waals surface area contributed by atoms with Gasteiger partial charge in [0.2, 0.25) is 0 Å². The third-order valence-electron chi connectivity index (χ3n) is 6.04. The Bertz CT molecular complexity index is 958. The molecule has 0 N–H and O–H groups in total. The summed E-state index contributed by atoms with van der Waals surface area (Å²) in [5, 5.41) is 0.